The lowest BCUT2D eigenvalue weighted by atomic mass is 10.1. The molecule has 0 fully saturated rings. The van der Waals surface area contributed by atoms with Crippen molar-refractivity contribution in [2.24, 2.45) is 5.92 Å². The van der Waals surface area contributed by atoms with Gasteiger partial charge >= 0.3 is 6.18 Å². The summed E-state index contributed by atoms with van der Waals surface area (Å²) in [7, 11) is 0. The van der Waals surface area contributed by atoms with E-state index in [9.17, 15) is 13.2 Å². The summed E-state index contributed by atoms with van der Waals surface area (Å²) in [5.41, 5.74) is 0.297. The summed E-state index contributed by atoms with van der Waals surface area (Å²) in [6.07, 6.45) is -2.02. The van der Waals surface area contributed by atoms with Crippen molar-refractivity contribution in [1.82, 2.24) is 20.3 Å². The average molecular weight is 324 g/mol. The van der Waals surface area contributed by atoms with Gasteiger partial charge in [0.1, 0.15) is 5.69 Å². The second kappa shape index (κ2) is 7.04. The van der Waals surface area contributed by atoms with Crippen molar-refractivity contribution in [3.63, 3.8) is 0 Å². The molecule has 2 rings (SSSR count). The first-order chi connectivity index (χ1) is 10.8. The number of halogens is 3. The molecule has 0 unspecified atom stereocenters. The zero-order chi connectivity index (χ0) is 17.0. The highest BCUT2D eigenvalue weighted by Crippen LogP contribution is 2.29. The number of pyridine rings is 1. The van der Waals surface area contributed by atoms with E-state index in [4.69, 9.17) is 0 Å². The fourth-order valence-electron chi connectivity index (χ4n) is 1.81. The van der Waals surface area contributed by atoms with Crippen LogP contribution >= 0.6 is 0 Å². The lowest BCUT2D eigenvalue weighted by Crippen LogP contribution is -2.30. The molecule has 2 aromatic rings. The maximum absolute atomic E-state index is 12.5. The molecular weight excluding hydrogens is 305 g/mol. The average Bonchev–Trinajstić information content (AvgIpc) is 2.52. The number of rotatable bonds is 5. The van der Waals surface area contributed by atoms with Crippen molar-refractivity contribution in [1.29, 1.82) is 0 Å². The summed E-state index contributed by atoms with van der Waals surface area (Å²) < 4.78 is 37.6. The number of alkyl halides is 3. The Labute approximate surface area is 133 Å². The molecule has 1 N–H and O–H groups in total. The lowest BCUT2D eigenvalue weighted by Gasteiger charge is -2.17. The topological polar surface area (TPSA) is 50.7 Å². The van der Waals surface area contributed by atoms with Crippen LogP contribution in [0.25, 0.3) is 11.5 Å². The lowest BCUT2D eigenvalue weighted by molar-refractivity contribution is -0.137. The minimum Gasteiger partial charge on any atom is -0.308 e. The van der Waals surface area contributed by atoms with Gasteiger partial charge in [-0.05, 0) is 31.0 Å². The van der Waals surface area contributed by atoms with E-state index in [2.05, 4.69) is 41.0 Å². The van der Waals surface area contributed by atoms with E-state index in [-0.39, 0.29) is 0 Å². The summed E-state index contributed by atoms with van der Waals surface area (Å²) in [5, 5.41) is 3.35. The zero-order valence-electron chi connectivity index (χ0n) is 13.2. The van der Waals surface area contributed by atoms with Gasteiger partial charge in [0.05, 0.1) is 11.3 Å². The van der Waals surface area contributed by atoms with Crippen LogP contribution < -0.4 is 5.32 Å². The molecule has 23 heavy (non-hydrogen) atoms. The Morgan fingerprint density at radius 1 is 1.09 bits per heavy atom. The van der Waals surface area contributed by atoms with Gasteiger partial charge in [-0.1, -0.05) is 13.8 Å². The molecule has 0 spiro atoms. The molecule has 0 bridgehead atoms. The van der Waals surface area contributed by atoms with Crippen molar-refractivity contribution in [2.75, 3.05) is 0 Å². The number of nitrogens with zero attached hydrogens (tertiary/aromatic N) is 3. The maximum atomic E-state index is 12.5. The molecule has 0 aliphatic heterocycles. The van der Waals surface area contributed by atoms with Crippen LogP contribution in [0.1, 0.15) is 32.0 Å². The molecule has 124 valence electrons. The van der Waals surface area contributed by atoms with Crippen LogP contribution in [-0.4, -0.2) is 21.0 Å². The van der Waals surface area contributed by atoms with Crippen molar-refractivity contribution in [2.45, 2.75) is 39.5 Å². The van der Waals surface area contributed by atoms with Gasteiger partial charge in [0, 0.05) is 25.0 Å². The molecular formula is C16H19F3N4. The molecule has 2 heterocycles. The standard InChI is InChI=1S/C16H19F3N4/c1-10(2)11(3)21-9-13-6-7-20-15(23-13)14-5-4-12(8-22-14)16(17,18)19/h4-8,10-11,21H,9H2,1-3H3/t11-/m0/s1. The molecule has 0 saturated heterocycles. The van der Waals surface area contributed by atoms with Crippen LogP contribution in [0.2, 0.25) is 0 Å². The zero-order valence-corrected chi connectivity index (χ0v) is 13.2. The number of nitrogens with one attached hydrogen (secondary N) is 1. The maximum Gasteiger partial charge on any atom is 0.417 e. The summed E-state index contributed by atoms with van der Waals surface area (Å²) in [4.78, 5) is 12.2. The predicted octanol–water partition coefficient (Wildman–Crippen LogP) is 3.69. The van der Waals surface area contributed by atoms with Gasteiger partial charge in [0.15, 0.2) is 5.82 Å². The normalized spacial score (nSPS) is 13.3. The molecule has 0 saturated carbocycles. The minimum absolute atomic E-state index is 0.315. The Morgan fingerprint density at radius 2 is 1.83 bits per heavy atom. The Bertz CT molecular complexity index is 639. The fraction of sp³-hybridized carbons (Fsp3) is 0.438. The second-order valence-corrected chi connectivity index (χ2v) is 5.72. The molecule has 1 atom stereocenters. The monoisotopic (exact) mass is 324 g/mol. The predicted molar refractivity (Wildman–Crippen MR) is 81.4 cm³/mol. The third kappa shape index (κ3) is 4.72. The SMILES string of the molecule is CC(C)[C@H](C)NCc1ccnc(-c2ccc(C(F)(F)F)cn2)n1. The van der Waals surface area contributed by atoms with Gasteiger partial charge in [-0.3, -0.25) is 4.98 Å². The molecule has 4 nitrogen and oxygen atoms in total. The summed E-state index contributed by atoms with van der Waals surface area (Å²) >= 11 is 0. The third-order valence-corrected chi connectivity index (χ3v) is 3.64. The first-order valence-corrected chi connectivity index (χ1v) is 7.36. The molecule has 7 heteroatoms. The molecule has 0 aliphatic rings. The Balaban J connectivity index is 2.13. The van der Waals surface area contributed by atoms with E-state index in [0.29, 0.717) is 30.0 Å². The largest absolute Gasteiger partial charge is 0.417 e. The smallest absolute Gasteiger partial charge is 0.308 e. The molecule has 2 aromatic heterocycles. The molecule has 0 radical (unpaired) electrons. The van der Waals surface area contributed by atoms with E-state index in [1.165, 1.54) is 6.07 Å². The molecule has 0 aromatic carbocycles. The third-order valence-electron chi connectivity index (χ3n) is 3.64. The van der Waals surface area contributed by atoms with Crippen molar-refractivity contribution >= 4 is 0 Å². The quantitative estimate of drug-likeness (QED) is 0.911. The highest BCUT2D eigenvalue weighted by Gasteiger charge is 2.30. The van der Waals surface area contributed by atoms with Gasteiger partial charge in [-0.15, -0.1) is 0 Å². The van der Waals surface area contributed by atoms with Crippen LogP contribution in [0, 0.1) is 5.92 Å². The van der Waals surface area contributed by atoms with E-state index in [1.807, 2.05) is 0 Å². The van der Waals surface area contributed by atoms with E-state index < -0.39 is 11.7 Å². The van der Waals surface area contributed by atoms with Gasteiger partial charge in [-0.2, -0.15) is 13.2 Å². The highest BCUT2D eigenvalue weighted by molar-refractivity contribution is 5.49. The summed E-state index contributed by atoms with van der Waals surface area (Å²) in [6, 6.07) is 4.37. The van der Waals surface area contributed by atoms with Crippen LogP contribution in [-0.2, 0) is 12.7 Å². The first kappa shape index (κ1) is 17.3. The highest BCUT2D eigenvalue weighted by atomic mass is 19.4. The molecule has 0 amide bonds. The number of hydrogen-bond donors (Lipinski definition) is 1. The van der Waals surface area contributed by atoms with E-state index in [0.717, 1.165) is 18.0 Å². The second-order valence-electron chi connectivity index (χ2n) is 5.72. The fourth-order valence-corrected chi connectivity index (χ4v) is 1.81. The Kier molecular flexibility index (Phi) is 5.30. The number of aromatic nitrogens is 3. The first-order valence-electron chi connectivity index (χ1n) is 7.36. The van der Waals surface area contributed by atoms with Crippen LogP contribution in [0.15, 0.2) is 30.6 Å². The van der Waals surface area contributed by atoms with Gasteiger partial charge < -0.3 is 5.32 Å². The van der Waals surface area contributed by atoms with Gasteiger partial charge in [-0.25, -0.2) is 9.97 Å². The Hall–Kier alpha value is -2.02. The van der Waals surface area contributed by atoms with Crippen LogP contribution in [0.3, 0.4) is 0 Å². The van der Waals surface area contributed by atoms with Crippen molar-refractivity contribution in [3.05, 3.63) is 41.9 Å². The summed E-state index contributed by atoms with van der Waals surface area (Å²) in [5.74, 6) is 0.808. The van der Waals surface area contributed by atoms with Crippen LogP contribution in [0.5, 0.6) is 0 Å². The summed E-state index contributed by atoms with van der Waals surface area (Å²) in [6.45, 7) is 6.89. The molecule has 0 aliphatic carbocycles. The number of hydrogen-bond acceptors (Lipinski definition) is 4. The Morgan fingerprint density at radius 3 is 2.39 bits per heavy atom. The van der Waals surface area contributed by atoms with E-state index >= 15 is 0 Å². The van der Waals surface area contributed by atoms with E-state index in [1.54, 1.807) is 12.3 Å². The van der Waals surface area contributed by atoms with Gasteiger partial charge in [0.25, 0.3) is 0 Å². The van der Waals surface area contributed by atoms with Crippen molar-refractivity contribution in [3.8, 4) is 11.5 Å². The van der Waals surface area contributed by atoms with Crippen LogP contribution in [0.4, 0.5) is 13.2 Å². The van der Waals surface area contributed by atoms with Crippen molar-refractivity contribution < 1.29 is 13.2 Å². The van der Waals surface area contributed by atoms with Gasteiger partial charge in [0.2, 0.25) is 0 Å². The minimum atomic E-state index is -4.40.